The van der Waals surface area contributed by atoms with Gasteiger partial charge in [0.2, 0.25) is 0 Å². The van der Waals surface area contributed by atoms with E-state index < -0.39 is 0 Å². The largest absolute Gasteiger partial charge is 0.312 e. The van der Waals surface area contributed by atoms with Crippen LogP contribution in [0.1, 0.15) is 20.3 Å². The summed E-state index contributed by atoms with van der Waals surface area (Å²) in [6.45, 7) is 8.15. The number of likely N-dealkylation sites (N-methyl/N-ethyl adjacent to an activating group) is 1. The number of nitrogens with zero attached hydrogens (tertiary/aromatic N) is 2. The van der Waals surface area contributed by atoms with Gasteiger partial charge in [-0.25, -0.2) is 0 Å². The topological polar surface area (TPSA) is 18.5 Å². The summed E-state index contributed by atoms with van der Waals surface area (Å²) in [4.78, 5) is 4.70. The zero-order valence-corrected chi connectivity index (χ0v) is 11.0. The smallest absolute Gasteiger partial charge is 0.0120 e. The predicted octanol–water partition coefficient (Wildman–Crippen LogP) is 0.866. The minimum absolute atomic E-state index is 0.705. The zero-order valence-electron chi connectivity index (χ0n) is 11.0. The van der Waals surface area contributed by atoms with Gasteiger partial charge in [0.25, 0.3) is 0 Å². The Kier molecular flexibility index (Phi) is 5.03. The standard InChI is InChI=1S/C12H27N3/c1-10-9-15(5)11(2)8-12(10)13-6-7-14(3)4/h10-13H,6-9H2,1-5H3/t10-,11+,12+/m1/s1. The monoisotopic (exact) mass is 213 g/mol. The second-order valence-electron chi connectivity index (χ2n) is 5.37. The van der Waals surface area contributed by atoms with Gasteiger partial charge in [-0.1, -0.05) is 6.92 Å². The molecule has 0 saturated carbocycles. The third-order valence-corrected chi connectivity index (χ3v) is 3.58. The molecule has 1 rings (SSSR count). The first-order valence-corrected chi connectivity index (χ1v) is 6.09. The Bertz CT molecular complexity index is 182. The van der Waals surface area contributed by atoms with Gasteiger partial charge in [-0.2, -0.15) is 0 Å². The highest BCUT2D eigenvalue weighted by atomic mass is 15.2. The first kappa shape index (κ1) is 12.9. The lowest BCUT2D eigenvalue weighted by Crippen LogP contribution is -2.51. The Balaban J connectivity index is 2.28. The van der Waals surface area contributed by atoms with E-state index in [-0.39, 0.29) is 0 Å². The second kappa shape index (κ2) is 5.83. The molecule has 3 nitrogen and oxygen atoms in total. The highest BCUT2D eigenvalue weighted by Gasteiger charge is 2.28. The average Bonchev–Trinajstić information content (AvgIpc) is 2.13. The van der Waals surface area contributed by atoms with Gasteiger partial charge in [-0.05, 0) is 40.4 Å². The third-order valence-electron chi connectivity index (χ3n) is 3.58. The first-order chi connectivity index (χ1) is 7.00. The SMILES string of the molecule is C[C@@H]1CN(C)[C@@H](C)C[C@@H]1NCCN(C)C. The van der Waals surface area contributed by atoms with Gasteiger partial charge in [0.1, 0.15) is 0 Å². The van der Waals surface area contributed by atoms with E-state index in [1.165, 1.54) is 13.0 Å². The van der Waals surface area contributed by atoms with E-state index in [0.29, 0.717) is 6.04 Å². The normalized spacial score (nSPS) is 33.6. The van der Waals surface area contributed by atoms with Crippen LogP contribution >= 0.6 is 0 Å². The predicted molar refractivity (Wildman–Crippen MR) is 66.2 cm³/mol. The molecule has 3 heteroatoms. The van der Waals surface area contributed by atoms with Crippen molar-refractivity contribution in [3.63, 3.8) is 0 Å². The van der Waals surface area contributed by atoms with E-state index in [2.05, 4.69) is 50.1 Å². The van der Waals surface area contributed by atoms with Gasteiger partial charge < -0.3 is 15.1 Å². The summed E-state index contributed by atoms with van der Waals surface area (Å²) in [7, 11) is 6.49. The zero-order chi connectivity index (χ0) is 11.4. The third kappa shape index (κ3) is 4.09. The summed E-state index contributed by atoms with van der Waals surface area (Å²) in [5, 5.41) is 3.69. The van der Waals surface area contributed by atoms with Crippen molar-refractivity contribution in [1.29, 1.82) is 0 Å². The Morgan fingerprint density at radius 2 is 2.00 bits per heavy atom. The minimum atomic E-state index is 0.705. The Labute approximate surface area is 94.8 Å². The lowest BCUT2D eigenvalue weighted by molar-refractivity contribution is 0.121. The summed E-state index contributed by atoms with van der Waals surface area (Å²) in [5.41, 5.74) is 0. The molecule has 0 spiro atoms. The maximum absolute atomic E-state index is 3.69. The molecule has 1 heterocycles. The Morgan fingerprint density at radius 3 is 2.60 bits per heavy atom. The fourth-order valence-corrected chi connectivity index (χ4v) is 2.30. The second-order valence-corrected chi connectivity index (χ2v) is 5.37. The van der Waals surface area contributed by atoms with Crippen molar-refractivity contribution in [2.45, 2.75) is 32.4 Å². The van der Waals surface area contributed by atoms with E-state index in [0.717, 1.165) is 25.0 Å². The fourth-order valence-electron chi connectivity index (χ4n) is 2.30. The number of nitrogens with one attached hydrogen (secondary N) is 1. The molecule has 0 radical (unpaired) electrons. The van der Waals surface area contributed by atoms with Crippen LogP contribution in [0.4, 0.5) is 0 Å². The van der Waals surface area contributed by atoms with E-state index in [1.807, 2.05) is 0 Å². The maximum atomic E-state index is 3.69. The molecule has 0 aliphatic carbocycles. The van der Waals surface area contributed by atoms with E-state index in [1.54, 1.807) is 0 Å². The van der Waals surface area contributed by atoms with Crippen molar-refractivity contribution >= 4 is 0 Å². The van der Waals surface area contributed by atoms with Gasteiger partial charge in [-0.3, -0.25) is 0 Å². The molecule has 0 bridgehead atoms. The van der Waals surface area contributed by atoms with Crippen LogP contribution in [-0.2, 0) is 0 Å². The quantitative estimate of drug-likeness (QED) is 0.747. The lowest BCUT2D eigenvalue weighted by atomic mass is 9.90. The summed E-state index contributed by atoms with van der Waals surface area (Å²) in [6.07, 6.45) is 1.28. The van der Waals surface area contributed by atoms with Crippen molar-refractivity contribution in [3.8, 4) is 0 Å². The Hall–Kier alpha value is -0.120. The number of hydrogen-bond acceptors (Lipinski definition) is 3. The number of hydrogen-bond donors (Lipinski definition) is 1. The summed E-state index contributed by atoms with van der Waals surface area (Å²) in [6, 6.07) is 1.43. The van der Waals surface area contributed by atoms with Crippen molar-refractivity contribution < 1.29 is 0 Å². The van der Waals surface area contributed by atoms with E-state index in [4.69, 9.17) is 0 Å². The van der Waals surface area contributed by atoms with Gasteiger partial charge >= 0.3 is 0 Å². The van der Waals surface area contributed by atoms with Gasteiger partial charge in [0.15, 0.2) is 0 Å². The van der Waals surface area contributed by atoms with Gasteiger partial charge in [-0.15, -0.1) is 0 Å². The van der Waals surface area contributed by atoms with Crippen LogP contribution in [0.15, 0.2) is 0 Å². The molecule has 15 heavy (non-hydrogen) atoms. The van der Waals surface area contributed by atoms with Gasteiger partial charge in [0.05, 0.1) is 0 Å². The van der Waals surface area contributed by atoms with Crippen LogP contribution in [0.3, 0.4) is 0 Å². The van der Waals surface area contributed by atoms with Crippen LogP contribution in [0, 0.1) is 5.92 Å². The Morgan fingerprint density at radius 1 is 1.33 bits per heavy atom. The fraction of sp³-hybridized carbons (Fsp3) is 1.00. The van der Waals surface area contributed by atoms with Crippen LogP contribution < -0.4 is 5.32 Å². The molecule has 0 aromatic heterocycles. The molecule has 0 unspecified atom stereocenters. The van der Waals surface area contributed by atoms with Crippen molar-refractivity contribution in [2.75, 3.05) is 40.8 Å². The molecule has 0 amide bonds. The molecule has 90 valence electrons. The average molecular weight is 213 g/mol. The number of piperidine rings is 1. The summed E-state index contributed by atoms with van der Waals surface area (Å²) in [5.74, 6) is 0.772. The molecule has 1 N–H and O–H groups in total. The van der Waals surface area contributed by atoms with Crippen LogP contribution in [0.25, 0.3) is 0 Å². The molecular weight excluding hydrogens is 186 g/mol. The number of rotatable bonds is 4. The van der Waals surface area contributed by atoms with Crippen molar-refractivity contribution in [1.82, 2.24) is 15.1 Å². The van der Waals surface area contributed by atoms with Crippen molar-refractivity contribution in [2.24, 2.45) is 5.92 Å². The lowest BCUT2D eigenvalue weighted by Gasteiger charge is -2.40. The van der Waals surface area contributed by atoms with Crippen LogP contribution in [0.5, 0.6) is 0 Å². The molecule has 1 aliphatic rings. The molecule has 1 fully saturated rings. The molecule has 1 saturated heterocycles. The first-order valence-electron chi connectivity index (χ1n) is 6.09. The molecule has 0 aromatic rings. The number of likely N-dealkylation sites (tertiary alicyclic amines) is 1. The minimum Gasteiger partial charge on any atom is -0.312 e. The van der Waals surface area contributed by atoms with Crippen LogP contribution in [-0.4, -0.2) is 62.7 Å². The van der Waals surface area contributed by atoms with Crippen molar-refractivity contribution in [3.05, 3.63) is 0 Å². The van der Waals surface area contributed by atoms with Gasteiger partial charge in [0, 0.05) is 31.7 Å². The molecule has 1 aliphatic heterocycles. The maximum Gasteiger partial charge on any atom is 0.0120 e. The van der Waals surface area contributed by atoms with Crippen LogP contribution in [0.2, 0.25) is 0 Å². The highest BCUT2D eigenvalue weighted by molar-refractivity contribution is 4.86. The molecular formula is C12H27N3. The summed E-state index contributed by atoms with van der Waals surface area (Å²) < 4.78 is 0. The molecule has 3 atom stereocenters. The highest BCUT2D eigenvalue weighted by Crippen LogP contribution is 2.20. The van der Waals surface area contributed by atoms with E-state index >= 15 is 0 Å². The summed E-state index contributed by atoms with van der Waals surface area (Å²) >= 11 is 0. The molecule has 0 aromatic carbocycles. The van der Waals surface area contributed by atoms with E-state index in [9.17, 15) is 0 Å².